The fourth-order valence-corrected chi connectivity index (χ4v) is 3.50. The number of rotatable bonds is 4. The molecular formula is C21H19N3O3. The zero-order valence-electron chi connectivity index (χ0n) is 14.8. The summed E-state index contributed by atoms with van der Waals surface area (Å²) in [6, 6.07) is 18.5. The van der Waals surface area contributed by atoms with Crippen LogP contribution in [0.25, 0.3) is 11.3 Å². The molecule has 1 aliphatic carbocycles. The largest absolute Gasteiger partial charge is 0.355 e. The number of carbonyl (C=O) groups is 2. The third-order valence-electron chi connectivity index (χ3n) is 4.71. The van der Waals surface area contributed by atoms with Gasteiger partial charge >= 0.3 is 0 Å². The van der Waals surface area contributed by atoms with Crippen molar-refractivity contribution in [2.24, 2.45) is 0 Å². The molecular weight excluding hydrogens is 342 g/mol. The molecule has 27 heavy (non-hydrogen) atoms. The number of nitrogens with one attached hydrogen (secondary N) is 2. The second kappa shape index (κ2) is 7.07. The van der Waals surface area contributed by atoms with Crippen LogP contribution in [0.2, 0.25) is 0 Å². The number of carbonyl (C=O) groups excluding carboxylic acids is 2. The first kappa shape index (κ1) is 17.0. The fourth-order valence-electron chi connectivity index (χ4n) is 3.50. The zero-order valence-corrected chi connectivity index (χ0v) is 14.8. The molecule has 1 heterocycles. The van der Waals surface area contributed by atoms with Crippen molar-refractivity contribution in [3.05, 3.63) is 77.5 Å². The molecule has 136 valence electrons. The van der Waals surface area contributed by atoms with Gasteiger partial charge in [-0.3, -0.25) is 9.59 Å². The minimum Gasteiger partial charge on any atom is -0.355 e. The third-order valence-corrected chi connectivity index (χ3v) is 4.71. The summed E-state index contributed by atoms with van der Waals surface area (Å²) in [5.41, 5.74) is 3.19. The van der Waals surface area contributed by atoms with Gasteiger partial charge in [-0.1, -0.05) is 59.8 Å². The van der Waals surface area contributed by atoms with Gasteiger partial charge in [-0.15, -0.1) is 0 Å². The summed E-state index contributed by atoms with van der Waals surface area (Å²) in [6.07, 6.45) is 0.675. The summed E-state index contributed by atoms with van der Waals surface area (Å²) in [5.74, 6) is 0.0730. The summed E-state index contributed by atoms with van der Waals surface area (Å²) in [5, 5.41) is 9.83. The molecule has 0 spiro atoms. The molecule has 0 fully saturated rings. The molecule has 2 amide bonds. The Morgan fingerprint density at radius 1 is 1.04 bits per heavy atom. The van der Waals surface area contributed by atoms with Gasteiger partial charge in [-0.05, 0) is 17.5 Å². The Kier molecular flexibility index (Phi) is 4.46. The average molecular weight is 361 g/mol. The van der Waals surface area contributed by atoms with Gasteiger partial charge < -0.3 is 15.2 Å². The highest BCUT2D eigenvalue weighted by atomic mass is 16.5. The molecule has 3 aromatic rings. The molecule has 0 aliphatic heterocycles. The smallest absolute Gasteiger partial charge is 0.274 e. The molecule has 0 bridgehead atoms. The van der Waals surface area contributed by atoms with E-state index in [2.05, 4.69) is 15.8 Å². The maximum atomic E-state index is 12.7. The van der Waals surface area contributed by atoms with E-state index in [4.69, 9.17) is 4.52 Å². The van der Waals surface area contributed by atoms with Crippen LogP contribution in [0, 0.1) is 0 Å². The molecule has 2 atom stereocenters. The molecule has 0 saturated carbocycles. The number of nitrogens with zero attached hydrogens (tertiary/aromatic N) is 1. The third kappa shape index (κ3) is 3.46. The van der Waals surface area contributed by atoms with Crippen LogP contribution in [0.1, 0.15) is 34.6 Å². The molecule has 2 aromatic carbocycles. The first-order valence-electron chi connectivity index (χ1n) is 8.80. The van der Waals surface area contributed by atoms with E-state index in [9.17, 15) is 9.59 Å². The van der Waals surface area contributed by atoms with Gasteiger partial charge in [0, 0.05) is 18.6 Å². The summed E-state index contributed by atoms with van der Waals surface area (Å²) in [6.45, 7) is 1.48. The predicted octanol–water partition coefficient (Wildman–Crippen LogP) is 2.87. The van der Waals surface area contributed by atoms with Crippen LogP contribution in [-0.2, 0) is 11.2 Å². The average Bonchev–Trinajstić information content (AvgIpc) is 3.28. The lowest BCUT2D eigenvalue weighted by Crippen LogP contribution is -2.43. The van der Waals surface area contributed by atoms with Crippen molar-refractivity contribution in [3.63, 3.8) is 0 Å². The molecule has 1 aliphatic rings. The quantitative estimate of drug-likeness (QED) is 0.748. The van der Waals surface area contributed by atoms with E-state index in [0.29, 0.717) is 12.2 Å². The lowest BCUT2D eigenvalue weighted by Gasteiger charge is -2.22. The lowest BCUT2D eigenvalue weighted by molar-refractivity contribution is -0.119. The van der Waals surface area contributed by atoms with Crippen LogP contribution in [0.15, 0.2) is 65.2 Å². The number of aromatic nitrogens is 1. The molecule has 6 heteroatoms. The van der Waals surface area contributed by atoms with Gasteiger partial charge in [-0.2, -0.15) is 0 Å². The first-order valence-corrected chi connectivity index (χ1v) is 8.80. The van der Waals surface area contributed by atoms with E-state index in [1.165, 1.54) is 6.92 Å². The van der Waals surface area contributed by atoms with E-state index >= 15 is 0 Å². The predicted molar refractivity (Wildman–Crippen MR) is 99.9 cm³/mol. The van der Waals surface area contributed by atoms with Gasteiger partial charge in [0.2, 0.25) is 5.91 Å². The van der Waals surface area contributed by atoms with Crippen molar-refractivity contribution in [3.8, 4) is 11.3 Å². The van der Waals surface area contributed by atoms with Crippen LogP contribution in [0.4, 0.5) is 0 Å². The van der Waals surface area contributed by atoms with Crippen LogP contribution < -0.4 is 10.6 Å². The SMILES string of the molecule is CC(=O)N[C@@H]1Cc2ccccc2[C@H]1NC(=O)c1cc(-c2ccccc2)on1. The second-order valence-electron chi connectivity index (χ2n) is 6.60. The molecule has 0 saturated heterocycles. The van der Waals surface area contributed by atoms with E-state index in [-0.39, 0.29) is 29.6 Å². The highest BCUT2D eigenvalue weighted by molar-refractivity contribution is 5.93. The highest BCUT2D eigenvalue weighted by Gasteiger charge is 2.34. The minimum atomic E-state index is -0.335. The first-order chi connectivity index (χ1) is 13.1. The molecule has 0 unspecified atom stereocenters. The van der Waals surface area contributed by atoms with Crippen molar-refractivity contribution in [2.75, 3.05) is 0 Å². The van der Waals surface area contributed by atoms with Crippen LogP contribution in [0.3, 0.4) is 0 Å². The van der Waals surface area contributed by atoms with Gasteiger partial charge in [-0.25, -0.2) is 0 Å². The Morgan fingerprint density at radius 2 is 1.78 bits per heavy atom. The monoisotopic (exact) mass is 361 g/mol. The maximum absolute atomic E-state index is 12.7. The summed E-state index contributed by atoms with van der Waals surface area (Å²) < 4.78 is 5.32. The number of amides is 2. The van der Waals surface area contributed by atoms with Crippen molar-refractivity contribution in [1.82, 2.24) is 15.8 Å². The van der Waals surface area contributed by atoms with Gasteiger partial charge in [0.1, 0.15) is 0 Å². The van der Waals surface area contributed by atoms with Crippen molar-refractivity contribution in [2.45, 2.75) is 25.4 Å². The number of benzene rings is 2. The molecule has 1 aromatic heterocycles. The minimum absolute atomic E-state index is 0.125. The van der Waals surface area contributed by atoms with Gasteiger partial charge in [0.15, 0.2) is 11.5 Å². The number of hydrogen-bond acceptors (Lipinski definition) is 4. The topological polar surface area (TPSA) is 84.2 Å². The summed E-state index contributed by atoms with van der Waals surface area (Å²) >= 11 is 0. The number of fused-ring (bicyclic) bond motifs is 1. The zero-order chi connectivity index (χ0) is 18.8. The van der Waals surface area contributed by atoms with E-state index in [0.717, 1.165) is 16.7 Å². The van der Waals surface area contributed by atoms with E-state index < -0.39 is 0 Å². The summed E-state index contributed by atoms with van der Waals surface area (Å²) in [4.78, 5) is 24.3. The fraction of sp³-hybridized carbons (Fsp3) is 0.190. The van der Waals surface area contributed by atoms with Crippen molar-refractivity contribution >= 4 is 11.8 Å². The Labute approximate surface area is 156 Å². The van der Waals surface area contributed by atoms with E-state index in [1.54, 1.807) is 6.07 Å². The summed E-state index contributed by atoms with van der Waals surface area (Å²) in [7, 11) is 0. The molecule has 0 radical (unpaired) electrons. The van der Waals surface area contributed by atoms with Gasteiger partial charge in [0.05, 0.1) is 12.1 Å². The molecule has 6 nitrogen and oxygen atoms in total. The normalized spacial score (nSPS) is 18.0. The highest BCUT2D eigenvalue weighted by Crippen LogP contribution is 2.31. The van der Waals surface area contributed by atoms with Crippen molar-refractivity contribution < 1.29 is 14.1 Å². The maximum Gasteiger partial charge on any atom is 0.274 e. The van der Waals surface area contributed by atoms with E-state index in [1.807, 2.05) is 54.6 Å². The van der Waals surface area contributed by atoms with Crippen molar-refractivity contribution in [1.29, 1.82) is 0 Å². The second-order valence-corrected chi connectivity index (χ2v) is 6.60. The van der Waals surface area contributed by atoms with Crippen LogP contribution in [0.5, 0.6) is 0 Å². The van der Waals surface area contributed by atoms with Gasteiger partial charge in [0.25, 0.3) is 5.91 Å². The molecule has 4 rings (SSSR count). The Balaban J connectivity index is 1.56. The van der Waals surface area contributed by atoms with Crippen LogP contribution >= 0.6 is 0 Å². The standard InChI is InChI=1S/C21H19N3O3/c1-13(25)22-17-11-15-9-5-6-10-16(15)20(17)23-21(26)18-12-19(27-24-18)14-7-3-2-4-8-14/h2-10,12,17,20H,11H2,1H3,(H,22,25)(H,23,26)/t17-,20-/m1/s1. The number of hydrogen-bond donors (Lipinski definition) is 2. The molecule has 2 N–H and O–H groups in total. The lowest BCUT2D eigenvalue weighted by atomic mass is 10.1. The van der Waals surface area contributed by atoms with Crippen LogP contribution in [-0.4, -0.2) is 23.0 Å². The Morgan fingerprint density at radius 3 is 2.56 bits per heavy atom. The Hall–Kier alpha value is -3.41. The Bertz CT molecular complexity index is 981.